The summed E-state index contributed by atoms with van der Waals surface area (Å²) in [5, 5.41) is 1.37. The van der Waals surface area contributed by atoms with Crippen molar-refractivity contribution in [2.45, 2.75) is 37.6 Å². The number of aromatic nitrogens is 4. The minimum Gasteiger partial charge on any atom is -0.384 e. The predicted molar refractivity (Wildman–Crippen MR) is 77.5 cm³/mol. The minimum absolute atomic E-state index is 0.325. The van der Waals surface area contributed by atoms with Gasteiger partial charge in [0.25, 0.3) is 0 Å². The van der Waals surface area contributed by atoms with Crippen molar-refractivity contribution in [3.63, 3.8) is 0 Å². The lowest BCUT2D eigenvalue weighted by Gasteiger charge is -2.07. The van der Waals surface area contributed by atoms with Gasteiger partial charge >= 0.3 is 0 Å². The van der Waals surface area contributed by atoms with Crippen LogP contribution in [-0.2, 0) is 11.3 Å². The van der Waals surface area contributed by atoms with Gasteiger partial charge < -0.3 is 10.5 Å². The van der Waals surface area contributed by atoms with Gasteiger partial charge in [-0.15, -0.1) is 0 Å². The Morgan fingerprint density at radius 2 is 1.75 bits per heavy atom. The Kier molecular flexibility index (Phi) is 4.51. The number of anilines is 1. The number of hydrogen-bond donors (Lipinski definition) is 1. The van der Waals surface area contributed by atoms with Crippen LogP contribution in [0.25, 0.3) is 0 Å². The second-order valence-corrected chi connectivity index (χ2v) is 5.37. The zero-order valence-corrected chi connectivity index (χ0v) is 12.8. The van der Waals surface area contributed by atoms with Crippen molar-refractivity contribution < 1.29 is 4.74 Å². The summed E-state index contributed by atoms with van der Waals surface area (Å²) in [5.41, 5.74) is 8.82. The minimum atomic E-state index is 0.325. The van der Waals surface area contributed by atoms with Crippen molar-refractivity contribution in [3.8, 4) is 0 Å². The van der Waals surface area contributed by atoms with Crippen LogP contribution in [-0.4, -0.2) is 27.0 Å². The summed E-state index contributed by atoms with van der Waals surface area (Å²) in [6.45, 7) is 6.28. The fourth-order valence-electron chi connectivity index (χ4n) is 1.62. The number of rotatable bonds is 4. The molecule has 0 aliphatic heterocycles. The number of aryl methyl sites for hydroxylation is 2. The standard InChI is InChI=1S/C13H17N5OS/c1-7-8(2)15-13(16-9(7)3)20-12-5-10(14)17-11(18-12)6-19-4/h5H,6H2,1-4H3,(H2,14,17,18). The lowest BCUT2D eigenvalue weighted by atomic mass is 10.2. The van der Waals surface area contributed by atoms with E-state index >= 15 is 0 Å². The van der Waals surface area contributed by atoms with E-state index in [1.165, 1.54) is 11.8 Å². The van der Waals surface area contributed by atoms with Crippen molar-refractivity contribution >= 4 is 17.6 Å². The van der Waals surface area contributed by atoms with Gasteiger partial charge in [0.1, 0.15) is 17.5 Å². The average Bonchev–Trinajstić information content (AvgIpc) is 2.35. The second-order valence-electron chi connectivity index (χ2n) is 4.38. The van der Waals surface area contributed by atoms with Gasteiger partial charge in [0, 0.05) is 24.6 Å². The molecule has 2 rings (SSSR count). The molecule has 0 atom stereocenters. The molecule has 106 valence electrons. The first-order chi connectivity index (χ1) is 9.49. The maximum atomic E-state index is 5.77. The van der Waals surface area contributed by atoms with Crippen LogP contribution in [0.15, 0.2) is 16.2 Å². The van der Waals surface area contributed by atoms with Crippen LogP contribution < -0.4 is 5.73 Å². The Balaban J connectivity index is 2.30. The molecular formula is C13H17N5OS. The second kappa shape index (κ2) is 6.15. The van der Waals surface area contributed by atoms with Crippen LogP contribution in [0.2, 0.25) is 0 Å². The van der Waals surface area contributed by atoms with Gasteiger partial charge in [-0.25, -0.2) is 19.9 Å². The Bertz CT molecular complexity index is 609. The van der Waals surface area contributed by atoms with E-state index in [0.29, 0.717) is 28.4 Å². The molecule has 0 aliphatic rings. The fraction of sp³-hybridized carbons (Fsp3) is 0.385. The van der Waals surface area contributed by atoms with Crippen molar-refractivity contribution in [1.29, 1.82) is 0 Å². The summed E-state index contributed by atoms with van der Waals surface area (Å²) in [6, 6.07) is 1.71. The molecule has 2 aromatic heterocycles. The maximum Gasteiger partial charge on any atom is 0.194 e. The first-order valence-electron chi connectivity index (χ1n) is 6.11. The molecule has 0 fully saturated rings. The lowest BCUT2D eigenvalue weighted by Crippen LogP contribution is -2.03. The number of methoxy groups -OCH3 is 1. The van der Waals surface area contributed by atoms with E-state index in [0.717, 1.165) is 17.0 Å². The summed E-state index contributed by atoms with van der Waals surface area (Å²) in [4.78, 5) is 17.4. The molecule has 7 heteroatoms. The van der Waals surface area contributed by atoms with E-state index in [-0.39, 0.29) is 0 Å². The Morgan fingerprint density at radius 1 is 1.10 bits per heavy atom. The van der Waals surface area contributed by atoms with Crippen molar-refractivity contribution in [2.75, 3.05) is 12.8 Å². The molecule has 2 heterocycles. The van der Waals surface area contributed by atoms with Crippen LogP contribution in [0.3, 0.4) is 0 Å². The van der Waals surface area contributed by atoms with E-state index in [2.05, 4.69) is 19.9 Å². The Hall–Kier alpha value is -1.73. The van der Waals surface area contributed by atoms with E-state index < -0.39 is 0 Å². The molecule has 0 unspecified atom stereocenters. The van der Waals surface area contributed by atoms with Crippen molar-refractivity contribution in [1.82, 2.24) is 19.9 Å². The molecule has 20 heavy (non-hydrogen) atoms. The molecule has 0 bridgehead atoms. The maximum absolute atomic E-state index is 5.77. The van der Waals surface area contributed by atoms with Gasteiger partial charge in [-0.1, -0.05) is 0 Å². The molecule has 0 amide bonds. The third-order valence-corrected chi connectivity index (χ3v) is 3.63. The summed E-state index contributed by atoms with van der Waals surface area (Å²) < 4.78 is 5.02. The van der Waals surface area contributed by atoms with E-state index in [9.17, 15) is 0 Å². The zero-order valence-electron chi connectivity index (χ0n) is 12.0. The topological polar surface area (TPSA) is 86.8 Å². The number of nitrogens with zero attached hydrogens (tertiary/aromatic N) is 4. The van der Waals surface area contributed by atoms with Crippen LogP contribution in [0.5, 0.6) is 0 Å². The van der Waals surface area contributed by atoms with Gasteiger partial charge in [-0.3, -0.25) is 0 Å². The molecule has 0 radical (unpaired) electrons. The monoisotopic (exact) mass is 291 g/mol. The van der Waals surface area contributed by atoms with E-state index in [1.54, 1.807) is 13.2 Å². The molecule has 6 nitrogen and oxygen atoms in total. The normalized spacial score (nSPS) is 10.8. The number of nitrogen functional groups attached to an aromatic ring is 1. The Morgan fingerprint density at radius 3 is 2.35 bits per heavy atom. The quantitative estimate of drug-likeness (QED) is 0.681. The van der Waals surface area contributed by atoms with Crippen LogP contribution in [0.4, 0.5) is 5.82 Å². The molecule has 0 aliphatic carbocycles. The third kappa shape index (κ3) is 3.43. The molecule has 0 saturated carbocycles. The number of ether oxygens (including phenoxy) is 1. The molecule has 2 aromatic rings. The first-order valence-corrected chi connectivity index (χ1v) is 6.93. The Labute approximate surface area is 122 Å². The van der Waals surface area contributed by atoms with Gasteiger partial charge in [-0.05, 0) is 38.1 Å². The van der Waals surface area contributed by atoms with Crippen LogP contribution in [0.1, 0.15) is 22.8 Å². The van der Waals surface area contributed by atoms with Crippen LogP contribution in [0, 0.1) is 20.8 Å². The van der Waals surface area contributed by atoms with Crippen LogP contribution >= 0.6 is 11.8 Å². The van der Waals surface area contributed by atoms with Gasteiger partial charge in [0.15, 0.2) is 11.0 Å². The smallest absolute Gasteiger partial charge is 0.194 e. The molecule has 2 N–H and O–H groups in total. The number of nitrogens with two attached hydrogens (primary N) is 1. The predicted octanol–water partition coefficient (Wildman–Crippen LogP) is 2.07. The van der Waals surface area contributed by atoms with Crippen molar-refractivity contribution in [2.24, 2.45) is 0 Å². The SMILES string of the molecule is COCc1nc(N)cc(Sc2nc(C)c(C)c(C)n2)n1. The van der Waals surface area contributed by atoms with Gasteiger partial charge in [0.05, 0.1) is 0 Å². The highest BCUT2D eigenvalue weighted by atomic mass is 32.2. The summed E-state index contributed by atoms with van der Waals surface area (Å²) in [7, 11) is 1.59. The molecule has 0 aromatic carbocycles. The zero-order chi connectivity index (χ0) is 14.7. The first kappa shape index (κ1) is 14.7. The van der Waals surface area contributed by atoms with Gasteiger partial charge in [-0.2, -0.15) is 0 Å². The summed E-state index contributed by atoms with van der Waals surface area (Å²) in [6.07, 6.45) is 0. The highest BCUT2D eigenvalue weighted by Gasteiger charge is 2.09. The largest absolute Gasteiger partial charge is 0.384 e. The van der Waals surface area contributed by atoms with Crippen molar-refractivity contribution in [3.05, 3.63) is 28.8 Å². The number of hydrogen-bond acceptors (Lipinski definition) is 7. The highest BCUT2D eigenvalue weighted by molar-refractivity contribution is 7.99. The average molecular weight is 291 g/mol. The lowest BCUT2D eigenvalue weighted by molar-refractivity contribution is 0.177. The highest BCUT2D eigenvalue weighted by Crippen LogP contribution is 2.25. The summed E-state index contributed by atoms with van der Waals surface area (Å²) in [5.74, 6) is 0.964. The molecular weight excluding hydrogens is 274 g/mol. The summed E-state index contributed by atoms with van der Waals surface area (Å²) >= 11 is 1.37. The third-order valence-electron chi connectivity index (χ3n) is 2.85. The fourth-order valence-corrected chi connectivity index (χ4v) is 2.50. The van der Waals surface area contributed by atoms with E-state index in [1.807, 2.05) is 20.8 Å². The van der Waals surface area contributed by atoms with E-state index in [4.69, 9.17) is 10.5 Å². The van der Waals surface area contributed by atoms with Gasteiger partial charge in [0.2, 0.25) is 0 Å². The molecule has 0 saturated heterocycles. The molecule has 0 spiro atoms.